The van der Waals surface area contributed by atoms with Crippen LogP contribution >= 0.6 is 11.6 Å². The number of pyridine rings is 1. The van der Waals surface area contributed by atoms with Crippen molar-refractivity contribution in [2.24, 2.45) is 7.05 Å². The topological polar surface area (TPSA) is 54.3 Å². The number of benzene rings is 1. The normalized spacial score (nSPS) is 20.8. The van der Waals surface area contributed by atoms with Crippen molar-refractivity contribution in [1.29, 1.82) is 0 Å². The minimum Gasteiger partial charge on any atom is -0.355 e. The Kier molecular flexibility index (Phi) is 5.36. The maximum atomic E-state index is 14.9. The Morgan fingerprint density at radius 1 is 1.15 bits per heavy atom. The van der Waals surface area contributed by atoms with Gasteiger partial charge in [-0.25, -0.2) is 23.1 Å². The molecule has 2 saturated heterocycles. The second-order valence-corrected chi connectivity index (χ2v) is 9.17. The van der Waals surface area contributed by atoms with Crippen molar-refractivity contribution >= 4 is 28.3 Å². The highest BCUT2D eigenvalue weighted by Gasteiger charge is 2.48. The number of rotatable bonds is 3. The van der Waals surface area contributed by atoms with Crippen LogP contribution < -0.4 is 10.5 Å². The third kappa shape index (κ3) is 3.77. The monoisotopic (exact) mass is 477 g/mol. The van der Waals surface area contributed by atoms with Gasteiger partial charge >= 0.3 is 0 Å². The first-order valence-electron chi connectivity index (χ1n) is 10.9. The second-order valence-electron chi connectivity index (χ2n) is 8.73. The molecule has 1 aromatic carbocycles. The molecule has 1 atom stereocenters. The zero-order valence-corrected chi connectivity index (χ0v) is 19.0. The molecule has 4 heterocycles. The summed E-state index contributed by atoms with van der Waals surface area (Å²) in [6.45, 7) is 3.19. The van der Waals surface area contributed by atoms with E-state index >= 15 is 0 Å². The lowest BCUT2D eigenvalue weighted by atomic mass is 9.96. The van der Waals surface area contributed by atoms with E-state index in [2.05, 4.69) is 9.97 Å². The molecule has 0 saturated carbocycles. The summed E-state index contributed by atoms with van der Waals surface area (Å²) in [5.41, 5.74) is 0.227. The molecule has 0 amide bonds. The molecule has 2 aliphatic rings. The Labute approximate surface area is 193 Å². The largest absolute Gasteiger partial charge is 0.355 e. The molecule has 2 aromatic heterocycles. The standard InChI is InChI=1S/C23H23ClF3N5O/c1-13-28-17-11-19(32-9-6-23(26,27)18(12-32)31-7-3-8-31)29-21(20(17)22(33)30(13)2)15-5-4-14(24)10-16(15)25/h4-5,10-11,18H,3,6-9,12H2,1-2H3/t18-/m0/s1. The third-order valence-corrected chi connectivity index (χ3v) is 6.94. The van der Waals surface area contributed by atoms with Crippen LogP contribution in [0.3, 0.4) is 0 Å². The Hall–Kier alpha value is -2.65. The Morgan fingerprint density at radius 3 is 2.58 bits per heavy atom. The number of nitrogens with zero attached hydrogens (tertiary/aromatic N) is 5. The molecule has 3 aromatic rings. The van der Waals surface area contributed by atoms with Gasteiger partial charge in [-0.3, -0.25) is 14.3 Å². The zero-order chi connectivity index (χ0) is 23.5. The first-order chi connectivity index (χ1) is 15.7. The summed E-state index contributed by atoms with van der Waals surface area (Å²) in [7, 11) is 1.59. The summed E-state index contributed by atoms with van der Waals surface area (Å²) in [5.74, 6) is -2.53. The molecule has 33 heavy (non-hydrogen) atoms. The quantitative estimate of drug-likeness (QED) is 0.570. The van der Waals surface area contributed by atoms with Gasteiger partial charge < -0.3 is 4.90 Å². The lowest BCUT2D eigenvalue weighted by Crippen LogP contribution is -2.62. The number of fused-ring (bicyclic) bond motifs is 1. The Bertz CT molecular complexity index is 1310. The van der Waals surface area contributed by atoms with Crippen LogP contribution in [0.15, 0.2) is 29.1 Å². The van der Waals surface area contributed by atoms with Crippen LogP contribution in [0.5, 0.6) is 0 Å². The van der Waals surface area contributed by atoms with Gasteiger partial charge in [-0.2, -0.15) is 0 Å². The number of likely N-dealkylation sites (tertiary alicyclic amines) is 1. The van der Waals surface area contributed by atoms with E-state index < -0.39 is 17.8 Å². The number of anilines is 1. The number of alkyl halides is 2. The predicted octanol–water partition coefficient (Wildman–Crippen LogP) is 4.02. The zero-order valence-electron chi connectivity index (χ0n) is 18.3. The highest BCUT2D eigenvalue weighted by Crippen LogP contribution is 2.37. The van der Waals surface area contributed by atoms with Crippen molar-refractivity contribution < 1.29 is 13.2 Å². The van der Waals surface area contributed by atoms with Gasteiger partial charge in [0.2, 0.25) is 0 Å². The van der Waals surface area contributed by atoms with Gasteiger partial charge in [0.15, 0.2) is 0 Å². The van der Waals surface area contributed by atoms with Crippen molar-refractivity contribution in [2.75, 3.05) is 31.1 Å². The molecule has 0 radical (unpaired) electrons. The van der Waals surface area contributed by atoms with E-state index in [0.29, 0.717) is 30.2 Å². The Morgan fingerprint density at radius 2 is 1.91 bits per heavy atom. The summed E-state index contributed by atoms with van der Waals surface area (Å²) in [6.07, 6.45) is 0.606. The first kappa shape index (κ1) is 22.2. The van der Waals surface area contributed by atoms with E-state index in [-0.39, 0.29) is 46.7 Å². The number of halogens is 4. The fraction of sp³-hybridized carbons (Fsp3) is 0.435. The van der Waals surface area contributed by atoms with E-state index in [9.17, 15) is 18.0 Å². The lowest BCUT2D eigenvalue weighted by Gasteiger charge is -2.47. The van der Waals surface area contributed by atoms with E-state index in [1.54, 1.807) is 29.8 Å². The van der Waals surface area contributed by atoms with Crippen LogP contribution in [0.1, 0.15) is 18.7 Å². The molecule has 0 bridgehead atoms. The van der Waals surface area contributed by atoms with Gasteiger partial charge in [0, 0.05) is 43.2 Å². The SMILES string of the molecule is Cc1nc2cc(N3CCC(F)(F)[C@@H](N4CCC4)C3)nc(-c3ccc(Cl)cc3F)c2c(=O)n1C. The molecule has 5 rings (SSSR count). The van der Waals surface area contributed by atoms with Crippen LogP contribution in [0.4, 0.5) is 19.0 Å². The third-order valence-electron chi connectivity index (χ3n) is 6.71. The number of aromatic nitrogens is 3. The summed E-state index contributed by atoms with van der Waals surface area (Å²) in [5, 5.41) is 0.393. The fourth-order valence-electron chi connectivity index (χ4n) is 4.55. The Balaban J connectivity index is 1.68. The molecule has 2 aliphatic heterocycles. The van der Waals surface area contributed by atoms with Crippen LogP contribution in [0, 0.1) is 12.7 Å². The van der Waals surface area contributed by atoms with Gasteiger partial charge in [-0.05, 0) is 44.6 Å². The average Bonchev–Trinajstić information content (AvgIpc) is 2.71. The summed E-state index contributed by atoms with van der Waals surface area (Å²) in [6, 6.07) is 4.87. The van der Waals surface area contributed by atoms with Crippen LogP contribution in [-0.2, 0) is 7.05 Å². The first-order valence-corrected chi connectivity index (χ1v) is 11.2. The highest BCUT2D eigenvalue weighted by molar-refractivity contribution is 6.30. The molecule has 174 valence electrons. The average molecular weight is 478 g/mol. The fourth-order valence-corrected chi connectivity index (χ4v) is 4.71. The molecule has 0 unspecified atom stereocenters. The van der Waals surface area contributed by atoms with Crippen molar-refractivity contribution in [2.45, 2.75) is 31.7 Å². The predicted molar refractivity (Wildman–Crippen MR) is 122 cm³/mol. The molecule has 0 N–H and O–H groups in total. The van der Waals surface area contributed by atoms with Gasteiger partial charge in [-0.1, -0.05) is 11.6 Å². The van der Waals surface area contributed by atoms with Crippen LogP contribution in [-0.4, -0.2) is 57.6 Å². The summed E-state index contributed by atoms with van der Waals surface area (Å²) >= 11 is 5.92. The highest BCUT2D eigenvalue weighted by atomic mass is 35.5. The number of hydrogen-bond donors (Lipinski definition) is 0. The van der Waals surface area contributed by atoms with E-state index in [1.165, 1.54) is 16.7 Å². The van der Waals surface area contributed by atoms with Gasteiger partial charge in [0.1, 0.15) is 17.5 Å². The maximum absolute atomic E-state index is 14.9. The van der Waals surface area contributed by atoms with Crippen molar-refractivity contribution in [3.63, 3.8) is 0 Å². The minimum atomic E-state index is -2.79. The molecular weight excluding hydrogens is 455 g/mol. The summed E-state index contributed by atoms with van der Waals surface area (Å²) in [4.78, 5) is 25.8. The molecule has 6 nitrogen and oxygen atoms in total. The maximum Gasteiger partial charge on any atom is 0.266 e. The van der Waals surface area contributed by atoms with Crippen molar-refractivity contribution in [1.82, 2.24) is 19.4 Å². The molecule has 10 heteroatoms. The molecular formula is C23H23ClF3N5O. The van der Waals surface area contributed by atoms with Crippen molar-refractivity contribution in [3.8, 4) is 11.3 Å². The van der Waals surface area contributed by atoms with Gasteiger partial charge in [0.25, 0.3) is 11.5 Å². The van der Waals surface area contributed by atoms with Gasteiger partial charge in [0.05, 0.1) is 22.6 Å². The second kappa shape index (κ2) is 7.99. The number of hydrogen-bond acceptors (Lipinski definition) is 5. The van der Waals surface area contributed by atoms with E-state index in [1.807, 2.05) is 0 Å². The smallest absolute Gasteiger partial charge is 0.266 e. The lowest BCUT2D eigenvalue weighted by molar-refractivity contribution is -0.108. The van der Waals surface area contributed by atoms with Crippen LogP contribution in [0.2, 0.25) is 5.02 Å². The molecule has 0 aliphatic carbocycles. The van der Waals surface area contributed by atoms with Crippen LogP contribution in [0.25, 0.3) is 22.2 Å². The minimum absolute atomic E-state index is 0.0951. The van der Waals surface area contributed by atoms with E-state index in [0.717, 1.165) is 12.5 Å². The summed E-state index contributed by atoms with van der Waals surface area (Å²) < 4.78 is 45.6. The van der Waals surface area contributed by atoms with Crippen molar-refractivity contribution in [3.05, 3.63) is 51.3 Å². The van der Waals surface area contributed by atoms with Gasteiger partial charge in [-0.15, -0.1) is 0 Å². The number of aryl methyl sites for hydroxylation is 1. The molecule has 2 fully saturated rings. The molecule has 0 spiro atoms. The van der Waals surface area contributed by atoms with E-state index in [4.69, 9.17) is 11.6 Å². The number of piperidine rings is 1.